The van der Waals surface area contributed by atoms with Crippen molar-refractivity contribution in [3.05, 3.63) is 65.2 Å². The van der Waals surface area contributed by atoms with E-state index in [1.54, 1.807) is 0 Å². The Bertz CT molecular complexity index is 726. The molecule has 0 amide bonds. The van der Waals surface area contributed by atoms with Crippen LogP contribution in [-0.4, -0.2) is 15.0 Å². The molecule has 2 aromatic rings. The van der Waals surface area contributed by atoms with E-state index < -0.39 is 10.0 Å². The van der Waals surface area contributed by atoms with Gasteiger partial charge in [-0.1, -0.05) is 42.0 Å². The molecule has 4 nitrogen and oxygen atoms in total. The number of nitrogens with one attached hydrogen (secondary N) is 1. The van der Waals surface area contributed by atoms with Gasteiger partial charge in [-0.2, -0.15) is 0 Å². The standard InChI is InChI=1S/C17H21NO3S/c1-3-21-17-9-5-7-15(11-17)12-18-22(19,20)13-16-8-4-6-14(2)10-16/h4-11,18H,3,12-13H2,1-2H3. The molecule has 0 aromatic heterocycles. The molecule has 0 saturated heterocycles. The lowest BCUT2D eigenvalue weighted by Crippen LogP contribution is -2.24. The number of hydrogen-bond acceptors (Lipinski definition) is 3. The first kappa shape index (κ1) is 16.5. The van der Waals surface area contributed by atoms with Crippen molar-refractivity contribution in [1.29, 1.82) is 0 Å². The zero-order chi connectivity index (χ0) is 16.0. The summed E-state index contributed by atoms with van der Waals surface area (Å²) in [5.41, 5.74) is 2.71. The average molecular weight is 319 g/mol. The van der Waals surface area contributed by atoms with Crippen molar-refractivity contribution >= 4 is 10.0 Å². The Hall–Kier alpha value is -1.85. The highest BCUT2D eigenvalue weighted by Gasteiger charge is 2.11. The summed E-state index contributed by atoms with van der Waals surface area (Å²) in [4.78, 5) is 0. The summed E-state index contributed by atoms with van der Waals surface area (Å²) >= 11 is 0. The molecule has 22 heavy (non-hydrogen) atoms. The van der Waals surface area contributed by atoms with Gasteiger partial charge in [0.05, 0.1) is 12.4 Å². The molecule has 0 unspecified atom stereocenters. The molecule has 1 N–H and O–H groups in total. The summed E-state index contributed by atoms with van der Waals surface area (Å²) in [7, 11) is -3.37. The molecule has 0 aliphatic carbocycles. The molecule has 0 heterocycles. The van der Waals surface area contributed by atoms with Gasteiger partial charge in [0.25, 0.3) is 0 Å². The van der Waals surface area contributed by atoms with E-state index in [1.165, 1.54) is 0 Å². The lowest BCUT2D eigenvalue weighted by molar-refractivity contribution is 0.340. The molecule has 5 heteroatoms. The highest BCUT2D eigenvalue weighted by Crippen LogP contribution is 2.14. The molecule has 118 valence electrons. The van der Waals surface area contributed by atoms with Crippen LogP contribution in [0.1, 0.15) is 23.6 Å². The van der Waals surface area contributed by atoms with E-state index in [0.29, 0.717) is 6.61 Å². The van der Waals surface area contributed by atoms with E-state index in [0.717, 1.165) is 22.4 Å². The van der Waals surface area contributed by atoms with Gasteiger partial charge in [-0.3, -0.25) is 0 Å². The van der Waals surface area contributed by atoms with Crippen molar-refractivity contribution in [1.82, 2.24) is 4.72 Å². The number of sulfonamides is 1. The fraction of sp³-hybridized carbons (Fsp3) is 0.294. The molecular formula is C17H21NO3S. The number of ether oxygens (including phenoxy) is 1. The molecule has 0 radical (unpaired) electrons. The van der Waals surface area contributed by atoms with Crippen LogP contribution in [0.3, 0.4) is 0 Å². The zero-order valence-electron chi connectivity index (χ0n) is 12.9. The largest absolute Gasteiger partial charge is 0.494 e. The Morgan fingerprint density at radius 3 is 2.50 bits per heavy atom. The zero-order valence-corrected chi connectivity index (χ0v) is 13.7. The quantitative estimate of drug-likeness (QED) is 0.853. The maximum absolute atomic E-state index is 12.2. The minimum absolute atomic E-state index is 0.0141. The average Bonchev–Trinajstić information content (AvgIpc) is 2.46. The van der Waals surface area contributed by atoms with Gasteiger partial charge >= 0.3 is 0 Å². The van der Waals surface area contributed by atoms with E-state index >= 15 is 0 Å². The monoisotopic (exact) mass is 319 g/mol. The van der Waals surface area contributed by atoms with E-state index in [9.17, 15) is 8.42 Å². The van der Waals surface area contributed by atoms with Crippen LogP contribution in [0.25, 0.3) is 0 Å². The van der Waals surface area contributed by atoms with Crippen molar-refractivity contribution in [3.8, 4) is 5.75 Å². The summed E-state index contributed by atoms with van der Waals surface area (Å²) in [6, 6.07) is 14.9. The van der Waals surface area contributed by atoms with Crippen molar-refractivity contribution in [2.45, 2.75) is 26.1 Å². The Morgan fingerprint density at radius 1 is 1.05 bits per heavy atom. The molecule has 0 saturated carbocycles. The van der Waals surface area contributed by atoms with Crippen LogP contribution in [0.2, 0.25) is 0 Å². The lowest BCUT2D eigenvalue weighted by atomic mass is 10.2. The molecule has 0 aliphatic heterocycles. The van der Waals surface area contributed by atoms with E-state index in [-0.39, 0.29) is 12.3 Å². The second-order valence-electron chi connectivity index (χ2n) is 5.15. The van der Waals surface area contributed by atoms with Gasteiger partial charge in [-0.25, -0.2) is 13.1 Å². The number of benzene rings is 2. The fourth-order valence-corrected chi connectivity index (χ4v) is 3.28. The van der Waals surface area contributed by atoms with Gasteiger partial charge in [0.2, 0.25) is 10.0 Å². The van der Waals surface area contributed by atoms with Crippen LogP contribution < -0.4 is 9.46 Å². The number of aryl methyl sites for hydroxylation is 1. The smallest absolute Gasteiger partial charge is 0.216 e. The normalized spacial score (nSPS) is 11.4. The van der Waals surface area contributed by atoms with E-state index in [1.807, 2.05) is 62.4 Å². The summed E-state index contributed by atoms with van der Waals surface area (Å²) in [6.45, 7) is 4.71. The summed E-state index contributed by atoms with van der Waals surface area (Å²) in [6.07, 6.45) is 0. The topological polar surface area (TPSA) is 55.4 Å². The summed E-state index contributed by atoms with van der Waals surface area (Å²) in [5.74, 6) is 0.734. The van der Waals surface area contributed by atoms with Gasteiger partial charge in [-0.15, -0.1) is 0 Å². The van der Waals surface area contributed by atoms with Crippen LogP contribution in [-0.2, 0) is 22.3 Å². The molecule has 2 aromatic carbocycles. The molecule has 0 fully saturated rings. The van der Waals surface area contributed by atoms with E-state index in [4.69, 9.17) is 4.74 Å². The maximum atomic E-state index is 12.2. The van der Waals surface area contributed by atoms with Crippen LogP contribution in [0.15, 0.2) is 48.5 Å². The first-order chi connectivity index (χ1) is 10.5. The first-order valence-electron chi connectivity index (χ1n) is 7.23. The summed E-state index contributed by atoms with van der Waals surface area (Å²) < 4.78 is 32.3. The Balaban J connectivity index is 1.99. The van der Waals surface area contributed by atoms with Gasteiger partial charge < -0.3 is 4.74 Å². The first-order valence-corrected chi connectivity index (χ1v) is 8.88. The Kier molecular flexibility index (Phi) is 5.57. The minimum atomic E-state index is -3.37. The van der Waals surface area contributed by atoms with Crippen molar-refractivity contribution in [2.75, 3.05) is 6.61 Å². The Morgan fingerprint density at radius 2 is 1.77 bits per heavy atom. The molecule has 0 spiro atoms. The third-order valence-corrected chi connectivity index (χ3v) is 4.44. The SMILES string of the molecule is CCOc1cccc(CNS(=O)(=O)Cc2cccc(C)c2)c1. The molecule has 2 rings (SSSR count). The second kappa shape index (κ2) is 7.42. The molecule has 0 aliphatic rings. The highest BCUT2D eigenvalue weighted by atomic mass is 32.2. The Labute approximate surface area is 132 Å². The third kappa shape index (κ3) is 5.16. The van der Waals surface area contributed by atoms with Crippen molar-refractivity contribution in [2.24, 2.45) is 0 Å². The van der Waals surface area contributed by atoms with Gasteiger partial charge in [0, 0.05) is 6.54 Å². The fourth-order valence-electron chi connectivity index (χ4n) is 2.18. The molecular weight excluding hydrogens is 298 g/mol. The van der Waals surface area contributed by atoms with E-state index in [2.05, 4.69) is 4.72 Å². The third-order valence-electron chi connectivity index (χ3n) is 3.14. The predicted molar refractivity (Wildman–Crippen MR) is 88.3 cm³/mol. The number of hydrogen-bond donors (Lipinski definition) is 1. The maximum Gasteiger partial charge on any atom is 0.216 e. The summed E-state index contributed by atoms with van der Waals surface area (Å²) in [5, 5.41) is 0. The van der Waals surface area contributed by atoms with Crippen LogP contribution in [0, 0.1) is 6.92 Å². The molecule has 0 atom stereocenters. The van der Waals surface area contributed by atoms with Gasteiger partial charge in [0.1, 0.15) is 5.75 Å². The molecule has 0 bridgehead atoms. The van der Waals surface area contributed by atoms with Gasteiger partial charge in [0.15, 0.2) is 0 Å². The number of rotatable bonds is 7. The highest BCUT2D eigenvalue weighted by molar-refractivity contribution is 7.88. The van der Waals surface area contributed by atoms with Crippen LogP contribution in [0.5, 0.6) is 5.75 Å². The second-order valence-corrected chi connectivity index (χ2v) is 6.96. The van der Waals surface area contributed by atoms with Crippen LogP contribution in [0.4, 0.5) is 0 Å². The minimum Gasteiger partial charge on any atom is -0.494 e. The lowest BCUT2D eigenvalue weighted by Gasteiger charge is -2.09. The van der Waals surface area contributed by atoms with Crippen LogP contribution >= 0.6 is 0 Å². The van der Waals surface area contributed by atoms with Gasteiger partial charge in [-0.05, 0) is 37.1 Å². The van der Waals surface area contributed by atoms with Crippen molar-refractivity contribution < 1.29 is 13.2 Å². The van der Waals surface area contributed by atoms with Crippen molar-refractivity contribution in [3.63, 3.8) is 0 Å². The predicted octanol–water partition coefficient (Wildman–Crippen LogP) is 3.01.